The lowest BCUT2D eigenvalue weighted by molar-refractivity contribution is -0.870. The first-order valence-electron chi connectivity index (χ1n) is 19.6. The average molecular weight is 723 g/mol. The molecule has 0 aliphatic rings. The zero-order valence-electron chi connectivity index (χ0n) is 32.6. The molecule has 50 heavy (non-hydrogen) atoms. The number of nitrogens with zero attached hydrogens (tertiary/aromatic N) is 1. The smallest absolute Gasteiger partial charge is 0.268 e. The van der Waals surface area contributed by atoms with Gasteiger partial charge in [-0.2, -0.15) is 0 Å². The van der Waals surface area contributed by atoms with E-state index in [1.165, 1.54) is 19.3 Å². The molecule has 2 N–H and O–H groups in total. The summed E-state index contributed by atoms with van der Waals surface area (Å²) in [5, 5.41) is 13.6. The van der Waals surface area contributed by atoms with Gasteiger partial charge >= 0.3 is 0 Å². The number of allylic oxidation sites excluding steroid dienone is 10. The molecule has 0 aliphatic carbocycles. The van der Waals surface area contributed by atoms with Crippen molar-refractivity contribution in [2.24, 2.45) is 0 Å². The van der Waals surface area contributed by atoms with E-state index in [0.717, 1.165) is 96.3 Å². The van der Waals surface area contributed by atoms with Crippen molar-refractivity contribution in [2.75, 3.05) is 40.9 Å². The summed E-state index contributed by atoms with van der Waals surface area (Å²) in [5.74, 6) is -0.188. The lowest BCUT2D eigenvalue weighted by atomic mass is 10.0. The van der Waals surface area contributed by atoms with E-state index in [1.807, 2.05) is 21.1 Å². The van der Waals surface area contributed by atoms with Crippen LogP contribution in [0.25, 0.3) is 0 Å². The fourth-order valence-corrected chi connectivity index (χ4v) is 5.84. The number of carbonyl (C=O) groups excluding carboxylic acids is 1. The maximum atomic E-state index is 12.7. The molecule has 3 unspecified atom stereocenters. The minimum Gasteiger partial charge on any atom is -0.756 e. The molecule has 0 saturated heterocycles. The molecule has 0 fully saturated rings. The number of hydrogen-bond donors (Lipinski definition) is 2. The van der Waals surface area contributed by atoms with Crippen molar-refractivity contribution in [1.29, 1.82) is 0 Å². The van der Waals surface area contributed by atoms with Crippen LogP contribution in [-0.2, 0) is 18.4 Å². The number of nitrogens with one attached hydrogen (secondary N) is 1. The van der Waals surface area contributed by atoms with E-state index in [1.54, 1.807) is 0 Å². The van der Waals surface area contributed by atoms with Crippen molar-refractivity contribution in [3.05, 3.63) is 60.8 Å². The number of likely N-dealkylation sites (N-methyl/N-ethyl adjacent to an activating group) is 1. The molecule has 0 rings (SSSR count). The molecule has 0 saturated carbocycles. The van der Waals surface area contributed by atoms with Gasteiger partial charge < -0.3 is 28.8 Å². The summed E-state index contributed by atoms with van der Waals surface area (Å²) in [4.78, 5) is 25.0. The van der Waals surface area contributed by atoms with Gasteiger partial charge in [0, 0.05) is 6.42 Å². The van der Waals surface area contributed by atoms with Crippen molar-refractivity contribution in [1.82, 2.24) is 5.32 Å². The molecule has 0 aliphatic heterocycles. The van der Waals surface area contributed by atoms with Gasteiger partial charge in [-0.25, -0.2) is 0 Å². The minimum atomic E-state index is -4.55. The van der Waals surface area contributed by atoms with E-state index in [4.69, 9.17) is 9.05 Å². The second kappa shape index (κ2) is 33.1. The van der Waals surface area contributed by atoms with Gasteiger partial charge in [0.15, 0.2) is 0 Å². The molecule has 290 valence electrons. The summed E-state index contributed by atoms with van der Waals surface area (Å²) in [6.07, 6.45) is 41.2. The topological polar surface area (TPSA) is 108 Å². The summed E-state index contributed by atoms with van der Waals surface area (Å²) in [5.41, 5.74) is 0. The third-order valence-corrected chi connectivity index (χ3v) is 9.23. The Morgan fingerprint density at radius 1 is 0.720 bits per heavy atom. The molecular weight excluding hydrogens is 647 g/mol. The van der Waals surface area contributed by atoms with Crippen LogP contribution in [-0.4, -0.2) is 68.5 Å². The van der Waals surface area contributed by atoms with E-state index in [2.05, 4.69) is 79.9 Å². The molecule has 0 aromatic carbocycles. The van der Waals surface area contributed by atoms with Gasteiger partial charge in [-0.1, -0.05) is 139 Å². The molecule has 1 amide bonds. The first-order valence-corrected chi connectivity index (χ1v) is 21.1. The Kier molecular flexibility index (Phi) is 31.9. The Labute approximate surface area is 307 Å². The normalized spacial score (nSPS) is 15.3. The summed E-state index contributed by atoms with van der Waals surface area (Å²) in [6.45, 7) is 4.47. The van der Waals surface area contributed by atoms with E-state index in [0.29, 0.717) is 23.9 Å². The fraction of sp³-hybridized carbons (Fsp3) is 0.732. The molecule has 8 nitrogen and oxygen atoms in total. The number of phosphoric acid groups is 1. The molecule has 0 bridgehead atoms. The van der Waals surface area contributed by atoms with Crippen LogP contribution in [0.2, 0.25) is 0 Å². The Bertz CT molecular complexity index is 1000. The lowest BCUT2D eigenvalue weighted by Gasteiger charge is -2.30. The number of aliphatic hydroxyl groups is 1. The molecule has 0 radical (unpaired) electrons. The van der Waals surface area contributed by atoms with E-state index < -0.39 is 20.0 Å². The zero-order valence-corrected chi connectivity index (χ0v) is 33.5. The zero-order chi connectivity index (χ0) is 37.2. The van der Waals surface area contributed by atoms with Crippen LogP contribution in [0.4, 0.5) is 0 Å². The first-order chi connectivity index (χ1) is 24.0. The Balaban J connectivity index is 4.18. The molecule has 0 heterocycles. The van der Waals surface area contributed by atoms with Gasteiger partial charge in [-0.05, 0) is 57.8 Å². The lowest BCUT2D eigenvalue weighted by Crippen LogP contribution is -2.46. The van der Waals surface area contributed by atoms with Crippen molar-refractivity contribution >= 4 is 13.7 Å². The van der Waals surface area contributed by atoms with Crippen molar-refractivity contribution in [3.63, 3.8) is 0 Å². The van der Waals surface area contributed by atoms with Gasteiger partial charge in [0.2, 0.25) is 5.91 Å². The highest BCUT2D eigenvalue weighted by Gasteiger charge is 2.24. The van der Waals surface area contributed by atoms with Crippen LogP contribution < -0.4 is 10.2 Å². The molecule has 0 aromatic rings. The summed E-state index contributed by atoms with van der Waals surface area (Å²) < 4.78 is 23.0. The number of quaternary nitrogens is 1. The highest BCUT2D eigenvalue weighted by molar-refractivity contribution is 7.45. The quantitative estimate of drug-likeness (QED) is 0.0297. The number of carbonyl (C=O) groups is 1. The first kappa shape index (κ1) is 48.2. The monoisotopic (exact) mass is 723 g/mol. The van der Waals surface area contributed by atoms with Crippen molar-refractivity contribution < 1.29 is 32.9 Å². The van der Waals surface area contributed by atoms with Crippen LogP contribution in [0.1, 0.15) is 142 Å². The van der Waals surface area contributed by atoms with Crippen LogP contribution >= 0.6 is 7.82 Å². The number of aliphatic hydroxyl groups excluding tert-OH is 1. The number of unbranched alkanes of at least 4 members (excludes halogenated alkanes) is 11. The van der Waals surface area contributed by atoms with Crippen LogP contribution in [0.3, 0.4) is 0 Å². The van der Waals surface area contributed by atoms with Crippen LogP contribution in [0.15, 0.2) is 60.8 Å². The molecular formula is C41H75N2O6P. The van der Waals surface area contributed by atoms with E-state index in [-0.39, 0.29) is 19.1 Å². The van der Waals surface area contributed by atoms with Gasteiger partial charge in [-0.15, -0.1) is 0 Å². The van der Waals surface area contributed by atoms with Gasteiger partial charge in [-0.3, -0.25) is 9.36 Å². The average Bonchev–Trinajstić information content (AvgIpc) is 3.06. The predicted octanol–water partition coefficient (Wildman–Crippen LogP) is 9.66. The van der Waals surface area contributed by atoms with Crippen LogP contribution in [0, 0.1) is 0 Å². The number of phosphoric ester groups is 1. The Morgan fingerprint density at radius 2 is 1.22 bits per heavy atom. The summed E-state index contributed by atoms with van der Waals surface area (Å²) in [7, 11) is 1.28. The highest BCUT2D eigenvalue weighted by Crippen LogP contribution is 2.38. The Hall–Kier alpha value is -1.80. The largest absolute Gasteiger partial charge is 0.756 e. The van der Waals surface area contributed by atoms with Crippen molar-refractivity contribution in [3.8, 4) is 0 Å². The minimum absolute atomic E-state index is 0.00554. The maximum absolute atomic E-state index is 12.7. The molecule has 0 aromatic heterocycles. The number of hydrogen-bond acceptors (Lipinski definition) is 6. The van der Waals surface area contributed by atoms with Gasteiger partial charge in [0.05, 0.1) is 39.9 Å². The third kappa shape index (κ3) is 34.6. The van der Waals surface area contributed by atoms with Gasteiger partial charge in [0.1, 0.15) is 13.2 Å². The SMILES string of the molecule is CC/C=C\C/C=C\C/C=C\C/C=C\C/C=C\CCCCCCCCCC(=O)NC(COP(=O)([O-])OCC[N+](C)(C)C)C(O)CCCCCCC. The maximum Gasteiger partial charge on any atom is 0.268 e. The third-order valence-electron chi connectivity index (χ3n) is 8.27. The number of rotatable bonds is 34. The van der Waals surface area contributed by atoms with Gasteiger partial charge in [0.25, 0.3) is 7.82 Å². The number of amides is 1. The van der Waals surface area contributed by atoms with E-state index >= 15 is 0 Å². The van der Waals surface area contributed by atoms with Crippen LogP contribution in [0.5, 0.6) is 0 Å². The second-order valence-electron chi connectivity index (χ2n) is 14.3. The predicted molar refractivity (Wildman–Crippen MR) is 210 cm³/mol. The summed E-state index contributed by atoms with van der Waals surface area (Å²) >= 11 is 0. The Morgan fingerprint density at radius 3 is 1.78 bits per heavy atom. The highest BCUT2D eigenvalue weighted by atomic mass is 31.2. The summed E-state index contributed by atoms with van der Waals surface area (Å²) in [6, 6.07) is -0.805. The molecule has 3 atom stereocenters. The van der Waals surface area contributed by atoms with Crippen molar-refractivity contribution in [2.45, 2.75) is 154 Å². The van der Waals surface area contributed by atoms with E-state index in [9.17, 15) is 19.4 Å². The second-order valence-corrected chi connectivity index (χ2v) is 15.7. The standard InChI is InChI=1S/C41H75N2O6P/c1-6-8-10-12-13-14-15-16-17-18-19-20-21-22-23-24-25-26-27-28-29-31-33-35-41(45)42-39(40(44)34-32-30-11-9-7-2)38-49-50(46,47)48-37-36-43(3,4)5/h8,10,13-14,16-17,19-20,22-23,39-40,44H,6-7,9,11-12,15,18,21,24-38H2,1-5H3,(H-,42,45,46,47)/b10-8-,14-13-,17-16-,20-19-,23-22-. The molecule has 0 spiro atoms. The molecule has 9 heteroatoms. The fourth-order valence-electron chi connectivity index (χ4n) is 5.12.